The normalized spacial score (nSPS) is 18.8. The van der Waals surface area contributed by atoms with E-state index in [0.29, 0.717) is 5.75 Å². The van der Waals surface area contributed by atoms with E-state index < -0.39 is 29.6 Å². The van der Waals surface area contributed by atoms with E-state index in [2.05, 4.69) is 5.32 Å². The molecule has 0 saturated carbocycles. The third-order valence-corrected chi connectivity index (χ3v) is 4.88. The first-order valence-electron chi connectivity index (χ1n) is 8.61. The summed E-state index contributed by atoms with van der Waals surface area (Å²) in [5.41, 5.74) is 5.86. The Hall–Kier alpha value is -3.42. The Balaban J connectivity index is 1.85. The Morgan fingerprint density at radius 1 is 1.21 bits per heavy atom. The van der Waals surface area contributed by atoms with E-state index in [1.165, 1.54) is 17.0 Å². The number of rotatable bonds is 5. The molecule has 1 fully saturated rings. The van der Waals surface area contributed by atoms with Gasteiger partial charge in [-0.05, 0) is 35.9 Å². The number of hydrogen-bond donors (Lipinski definition) is 2. The highest BCUT2D eigenvalue weighted by Crippen LogP contribution is 2.38. The molecule has 7 nitrogen and oxygen atoms in total. The Labute approximate surface area is 161 Å². The molecule has 1 aliphatic rings. The van der Waals surface area contributed by atoms with Crippen LogP contribution in [0.25, 0.3) is 0 Å². The molecule has 0 aromatic heterocycles. The monoisotopic (exact) mass is 385 g/mol. The minimum atomic E-state index is -0.930. The van der Waals surface area contributed by atoms with Gasteiger partial charge < -0.3 is 20.7 Å². The molecule has 3 rings (SSSR count). The zero-order valence-corrected chi connectivity index (χ0v) is 15.4. The number of hydrogen-bond acceptors (Lipinski definition) is 4. The van der Waals surface area contributed by atoms with Crippen LogP contribution < -0.4 is 15.8 Å². The van der Waals surface area contributed by atoms with E-state index in [-0.39, 0.29) is 23.6 Å². The minimum absolute atomic E-state index is 0.0445. The summed E-state index contributed by atoms with van der Waals surface area (Å²) in [6, 6.07) is 10.3. The van der Waals surface area contributed by atoms with Crippen LogP contribution in [0.2, 0.25) is 0 Å². The fourth-order valence-corrected chi connectivity index (χ4v) is 3.39. The van der Waals surface area contributed by atoms with Crippen LogP contribution in [0.3, 0.4) is 0 Å². The van der Waals surface area contributed by atoms with Gasteiger partial charge in [-0.25, -0.2) is 4.39 Å². The number of anilines is 1. The van der Waals surface area contributed by atoms with Crippen molar-refractivity contribution in [2.45, 2.75) is 12.5 Å². The van der Waals surface area contributed by atoms with Crippen LogP contribution in [0.15, 0.2) is 42.5 Å². The number of likely N-dealkylation sites (tertiary alicyclic amines) is 1. The largest absolute Gasteiger partial charge is 0.497 e. The van der Waals surface area contributed by atoms with Crippen LogP contribution in [0.4, 0.5) is 10.1 Å². The lowest BCUT2D eigenvalue weighted by Gasteiger charge is -2.25. The quantitative estimate of drug-likeness (QED) is 0.823. The number of primary amides is 1. The first-order valence-corrected chi connectivity index (χ1v) is 8.61. The second kappa shape index (κ2) is 7.67. The molecule has 146 valence electrons. The second-order valence-electron chi connectivity index (χ2n) is 6.58. The minimum Gasteiger partial charge on any atom is -0.497 e. The zero-order chi connectivity index (χ0) is 20.4. The average Bonchev–Trinajstić information content (AvgIpc) is 2.98. The first kappa shape index (κ1) is 19.3. The first-order chi connectivity index (χ1) is 13.3. The third kappa shape index (κ3) is 3.66. The topological polar surface area (TPSA) is 102 Å². The molecule has 2 aromatic rings. The van der Waals surface area contributed by atoms with Gasteiger partial charge in [0.1, 0.15) is 11.6 Å². The Morgan fingerprint density at radius 2 is 1.89 bits per heavy atom. The van der Waals surface area contributed by atoms with E-state index in [9.17, 15) is 18.8 Å². The van der Waals surface area contributed by atoms with Crippen molar-refractivity contribution in [1.82, 2.24) is 4.90 Å². The molecule has 2 aromatic carbocycles. The number of halogens is 1. The van der Waals surface area contributed by atoms with Crippen LogP contribution in [0, 0.1) is 11.7 Å². The fourth-order valence-electron chi connectivity index (χ4n) is 3.39. The molecule has 3 amide bonds. The summed E-state index contributed by atoms with van der Waals surface area (Å²) in [6.45, 7) is 0. The molecule has 8 heteroatoms. The van der Waals surface area contributed by atoms with Crippen LogP contribution in [0.5, 0.6) is 5.75 Å². The third-order valence-electron chi connectivity index (χ3n) is 4.88. The molecule has 28 heavy (non-hydrogen) atoms. The number of amides is 3. The van der Waals surface area contributed by atoms with Gasteiger partial charge in [0.15, 0.2) is 0 Å². The predicted octanol–water partition coefficient (Wildman–Crippen LogP) is 2.09. The number of carbonyl (C=O) groups excluding carboxylic acids is 3. The van der Waals surface area contributed by atoms with Gasteiger partial charge in [0.25, 0.3) is 5.91 Å². The summed E-state index contributed by atoms with van der Waals surface area (Å²) in [6.07, 6.45) is 0.0445. The highest BCUT2D eigenvalue weighted by molar-refractivity contribution is 5.99. The lowest BCUT2D eigenvalue weighted by atomic mass is 9.92. The van der Waals surface area contributed by atoms with E-state index in [1.54, 1.807) is 26.3 Å². The van der Waals surface area contributed by atoms with E-state index in [1.807, 2.05) is 12.1 Å². The highest BCUT2D eigenvalue weighted by Gasteiger charge is 2.42. The maximum absolute atomic E-state index is 13.6. The fraction of sp³-hybridized carbons (Fsp3) is 0.250. The molecule has 0 bridgehead atoms. The second-order valence-corrected chi connectivity index (χ2v) is 6.58. The van der Waals surface area contributed by atoms with Gasteiger partial charge in [-0.2, -0.15) is 0 Å². The molecular weight excluding hydrogens is 365 g/mol. The number of methoxy groups -OCH3 is 1. The molecule has 2 unspecified atom stereocenters. The summed E-state index contributed by atoms with van der Waals surface area (Å²) in [5, 5.41) is 2.65. The van der Waals surface area contributed by atoms with E-state index in [0.717, 1.165) is 11.6 Å². The molecule has 3 N–H and O–H groups in total. The van der Waals surface area contributed by atoms with Gasteiger partial charge in [0.2, 0.25) is 11.8 Å². The Kier molecular flexibility index (Phi) is 5.30. The lowest BCUT2D eigenvalue weighted by molar-refractivity contribution is -0.127. The van der Waals surface area contributed by atoms with Crippen LogP contribution in [-0.4, -0.2) is 36.8 Å². The van der Waals surface area contributed by atoms with Gasteiger partial charge in [-0.1, -0.05) is 12.1 Å². The van der Waals surface area contributed by atoms with Crippen LogP contribution in [-0.2, 0) is 9.59 Å². The van der Waals surface area contributed by atoms with Crippen molar-refractivity contribution in [3.63, 3.8) is 0 Å². The van der Waals surface area contributed by atoms with E-state index in [4.69, 9.17) is 10.5 Å². The summed E-state index contributed by atoms with van der Waals surface area (Å²) in [4.78, 5) is 37.9. The zero-order valence-electron chi connectivity index (χ0n) is 15.4. The Bertz CT molecular complexity index is 930. The van der Waals surface area contributed by atoms with Crippen molar-refractivity contribution in [1.29, 1.82) is 0 Å². The molecule has 1 heterocycles. The Morgan fingerprint density at radius 3 is 2.50 bits per heavy atom. The molecule has 0 spiro atoms. The van der Waals surface area contributed by atoms with Gasteiger partial charge in [0.05, 0.1) is 24.6 Å². The van der Waals surface area contributed by atoms with Gasteiger partial charge in [0, 0.05) is 19.2 Å². The molecule has 1 saturated heterocycles. The number of benzene rings is 2. The van der Waals surface area contributed by atoms with E-state index >= 15 is 0 Å². The number of nitrogens with two attached hydrogens (primary N) is 1. The molecule has 0 aliphatic carbocycles. The molecular formula is C20H20FN3O4. The van der Waals surface area contributed by atoms with Crippen molar-refractivity contribution < 1.29 is 23.5 Å². The standard InChI is InChI=1S/C20H20FN3O4/c1-24-17(25)10-15(18(24)11-3-6-13(28-2)7-4-11)20(27)23-12-5-8-16(21)14(9-12)19(22)26/h3-9,15,18H,10H2,1-2H3,(H2,22,26)(H,23,27). The van der Waals surface area contributed by atoms with Crippen molar-refractivity contribution in [3.05, 3.63) is 59.4 Å². The number of nitrogens with zero attached hydrogens (tertiary/aromatic N) is 1. The predicted molar refractivity (Wildman–Crippen MR) is 100 cm³/mol. The van der Waals surface area contributed by atoms with Crippen molar-refractivity contribution in [3.8, 4) is 5.75 Å². The highest BCUT2D eigenvalue weighted by atomic mass is 19.1. The number of carbonyl (C=O) groups is 3. The van der Waals surface area contributed by atoms with Crippen molar-refractivity contribution in [2.24, 2.45) is 11.7 Å². The van der Waals surface area contributed by atoms with Gasteiger partial charge >= 0.3 is 0 Å². The number of nitrogens with one attached hydrogen (secondary N) is 1. The van der Waals surface area contributed by atoms with Crippen LogP contribution >= 0.6 is 0 Å². The maximum atomic E-state index is 13.6. The lowest BCUT2D eigenvalue weighted by Crippen LogP contribution is -2.30. The van der Waals surface area contributed by atoms with Gasteiger partial charge in [-0.15, -0.1) is 0 Å². The summed E-state index contributed by atoms with van der Waals surface area (Å²) in [7, 11) is 3.20. The summed E-state index contributed by atoms with van der Waals surface area (Å²) < 4.78 is 18.8. The van der Waals surface area contributed by atoms with Crippen LogP contribution in [0.1, 0.15) is 28.4 Å². The number of ether oxygens (including phenoxy) is 1. The van der Waals surface area contributed by atoms with Gasteiger partial charge in [-0.3, -0.25) is 14.4 Å². The average molecular weight is 385 g/mol. The smallest absolute Gasteiger partial charge is 0.251 e. The summed E-state index contributed by atoms with van der Waals surface area (Å²) >= 11 is 0. The molecule has 2 atom stereocenters. The molecule has 0 radical (unpaired) electrons. The SMILES string of the molecule is COc1ccc(C2C(C(=O)Nc3ccc(F)c(C(N)=O)c3)CC(=O)N2C)cc1. The summed E-state index contributed by atoms with van der Waals surface area (Å²) in [5.74, 6) is -2.23. The van der Waals surface area contributed by atoms with Crippen molar-refractivity contribution >= 4 is 23.4 Å². The van der Waals surface area contributed by atoms with Crippen molar-refractivity contribution in [2.75, 3.05) is 19.5 Å². The molecule has 1 aliphatic heterocycles. The maximum Gasteiger partial charge on any atom is 0.251 e.